The summed E-state index contributed by atoms with van der Waals surface area (Å²) < 4.78 is 19.3. The quantitative estimate of drug-likeness (QED) is 0.254. The Bertz CT molecular complexity index is 1930. The molecule has 0 saturated heterocycles. The molecule has 0 saturated carbocycles. The van der Waals surface area contributed by atoms with Crippen molar-refractivity contribution in [3.8, 4) is 17.6 Å². The maximum absolute atomic E-state index is 13.9. The van der Waals surface area contributed by atoms with Gasteiger partial charge in [-0.2, -0.15) is 5.26 Å². The van der Waals surface area contributed by atoms with E-state index in [2.05, 4.69) is 11.1 Å². The molecule has 1 atom stereocenters. The van der Waals surface area contributed by atoms with Crippen molar-refractivity contribution in [3.05, 3.63) is 126 Å². The van der Waals surface area contributed by atoms with Gasteiger partial charge in [-0.3, -0.25) is 9.36 Å². The largest absolute Gasteiger partial charge is 0.490 e. The summed E-state index contributed by atoms with van der Waals surface area (Å²) in [5.74, 6) is 0.566. The molecule has 5 rings (SSSR count). The Morgan fingerprint density at radius 3 is 2.51 bits per heavy atom. The van der Waals surface area contributed by atoms with Gasteiger partial charge in [-0.05, 0) is 63.1 Å². The molecule has 1 aliphatic heterocycles. The van der Waals surface area contributed by atoms with Crippen molar-refractivity contribution in [2.24, 2.45) is 4.99 Å². The molecule has 0 bridgehead atoms. The zero-order valence-corrected chi connectivity index (χ0v) is 25.2. The van der Waals surface area contributed by atoms with E-state index in [0.29, 0.717) is 44.3 Å². The van der Waals surface area contributed by atoms with Crippen molar-refractivity contribution in [1.82, 2.24) is 4.57 Å². The maximum Gasteiger partial charge on any atom is 0.338 e. The molecule has 9 heteroatoms. The number of thiazole rings is 1. The Morgan fingerprint density at radius 1 is 1.02 bits per heavy atom. The van der Waals surface area contributed by atoms with E-state index in [9.17, 15) is 14.9 Å². The SMILES string of the molecule is CCOC(=O)C1=C(C)N=c2s/c(=C/c3ccc(OCc4ccccc4C#N)c(OCC)c3)c(=O)n2[C@@H]1c1ccc(C)cc1. The number of allylic oxidation sites excluding steroid dienone is 1. The van der Waals surface area contributed by atoms with Gasteiger partial charge in [0.1, 0.15) is 6.61 Å². The minimum absolute atomic E-state index is 0.211. The van der Waals surface area contributed by atoms with Gasteiger partial charge in [0, 0.05) is 5.56 Å². The Morgan fingerprint density at radius 2 is 1.79 bits per heavy atom. The number of fused-ring (bicyclic) bond motifs is 1. The minimum atomic E-state index is -0.663. The van der Waals surface area contributed by atoms with Crippen LogP contribution in [-0.4, -0.2) is 23.8 Å². The molecule has 2 heterocycles. The van der Waals surface area contributed by atoms with E-state index in [1.54, 1.807) is 36.6 Å². The second-order valence-corrected chi connectivity index (χ2v) is 10.9. The third kappa shape index (κ3) is 6.15. The summed E-state index contributed by atoms with van der Waals surface area (Å²) >= 11 is 1.26. The first-order valence-corrected chi connectivity index (χ1v) is 14.8. The van der Waals surface area contributed by atoms with E-state index >= 15 is 0 Å². The number of aromatic nitrogens is 1. The summed E-state index contributed by atoms with van der Waals surface area (Å²) in [6.07, 6.45) is 1.79. The van der Waals surface area contributed by atoms with Crippen molar-refractivity contribution >= 4 is 23.4 Å². The molecule has 0 radical (unpaired) electrons. The molecule has 1 aliphatic rings. The van der Waals surface area contributed by atoms with Crippen LogP contribution in [0.4, 0.5) is 0 Å². The molecule has 3 aromatic carbocycles. The van der Waals surface area contributed by atoms with E-state index in [0.717, 1.165) is 22.3 Å². The highest BCUT2D eigenvalue weighted by molar-refractivity contribution is 7.07. The van der Waals surface area contributed by atoms with E-state index in [1.165, 1.54) is 11.3 Å². The van der Waals surface area contributed by atoms with Gasteiger partial charge in [0.25, 0.3) is 5.56 Å². The topological polar surface area (TPSA) is 103 Å². The number of carbonyl (C=O) groups excluding carboxylic acids is 1. The van der Waals surface area contributed by atoms with Crippen molar-refractivity contribution in [3.63, 3.8) is 0 Å². The second-order valence-electron chi connectivity index (χ2n) is 9.91. The number of esters is 1. The fourth-order valence-electron chi connectivity index (χ4n) is 4.92. The van der Waals surface area contributed by atoms with Crippen LogP contribution in [0.5, 0.6) is 11.5 Å². The molecule has 218 valence electrons. The Labute approximate surface area is 253 Å². The maximum atomic E-state index is 13.9. The van der Waals surface area contributed by atoms with Crippen LogP contribution in [0, 0.1) is 18.3 Å². The van der Waals surface area contributed by atoms with Crippen LogP contribution < -0.4 is 24.4 Å². The molecule has 0 fully saturated rings. The van der Waals surface area contributed by atoms with Gasteiger partial charge in [0.2, 0.25) is 0 Å². The minimum Gasteiger partial charge on any atom is -0.490 e. The lowest BCUT2D eigenvalue weighted by Crippen LogP contribution is -2.39. The van der Waals surface area contributed by atoms with Gasteiger partial charge in [-0.15, -0.1) is 0 Å². The average Bonchev–Trinajstić information content (AvgIpc) is 3.30. The third-order valence-electron chi connectivity index (χ3n) is 7.00. The number of rotatable bonds is 9. The predicted octanol–water partition coefficient (Wildman–Crippen LogP) is 4.96. The third-order valence-corrected chi connectivity index (χ3v) is 7.98. The summed E-state index contributed by atoms with van der Waals surface area (Å²) in [6.45, 7) is 8.24. The van der Waals surface area contributed by atoms with Crippen molar-refractivity contribution in [2.45, 2.75) is 40.3 Å². The van der Waals surface area contributed by atoms with E-state index < -0.39 is 12.0 Å². The first kappa shape index (κ1) is 29.5. The normalized spacial score (nSPS) is 14.5. The fraction of sp³-hybridized carbons (Fsp3) is 0.235. The number of carbonyl (C=O) groups is 1. The lowest BCUT2D eigenvalue weighted by atomic mass is 9.95. The molecule has 0 spiro atoms. The highest BCUT2D eigenvalue weighted by Gasteiger charge is 2.33. The van der Waals surface area contributed by atoms with Crippen LogP contribution in [0.25, 0.3) is 6.08 Å². The molecule has 0 N–H and O–H groups in total. The molecule has 4 aromatic rings. The molecule has 0 unspecified atom stereocenters. The van der Waals surface area contributed by atoms with Gasteiger partial charge in [0.15, 0.2) is 16.3 Å². The highest BCUT2D eigenvalue weighted by Crippen LogP contribution is 2.32. The van der Waals surface area contributed by atoms with Crippen LogP contribution in [0.15, 0.2) is 87.8 Å². The number of nitrogens with zero attached hydrogens (tertiary/aromatic N) is 3. The van der Waals surface area contributed by atoms with Crippen LogP contribution in [0.3, 0.4) is 0 Å². The first-order chi connectivity index (χ1) is 20.8. The lowest BCUT2D eigenvalue weighted by molar-refractivity contribution is -0.139. The number of nitriles is 1. The summed E-state index contributed by atoms with van der Waals surface area (Å²) in [5.41, 5.74) is 4.56. The number of aryl methyl sites for hydroxylation is 1. The average molecular weight is 594 g/mol. The van der Waals surface area contributed by atoms with Crippen molar-refractivity contribution in [1.29, 1.82) is 5.26 Å². The van der Waals surface area contributed by atoms with Crippen LogP contribution >= 0.6 is 11.3 Å². The van der Waals surface area contributed by atoms with Gasteiger partial charge in [-0.25, -0.2) is 9.79 Å². The molecule has 0 aliphatic carbocycles. The Kier molecular flexibility index (Phi) is 8.88. The monoisotopic (exact) mass is 593 g/mol. The van der Waals surface area contributed by atoms with E-state index in [1.807, 2.05) is 68.4 Å². The number of benzene rings is 3. The standard InChI is InChI=1S/C34H31N3O5S/c1-5-40-28-17-23(13-16-27(28)42-20-26-10-8-7-9-25(26)19-35)18-29-32(38)37-31(24-14-11-21(3)12-15-24)30(33(39)41-6-2)22(4)36-34(37)43-29/h7-18,31H,5-6,20H2,1-4H3/b29-18+/t31-/m1/s1. The van der Waals surface area contributed by atoms with Crippen molar-refractivity contribution in [2.75, 3.05) is 13.2 Å². The van der Waals surface area contributed by atoms with Gasteiger partial charge >= 0.3 is 5.97 Å². The van der Waals surface area contributed by atoms with Gasteiger partial charge < -0.3 is 14.2 Å². The Hall–Kier alpha value is -4.94. The molecular weight excluding hydrogens is 562 g/mol. The zero-order chi connectivity index (χ0) is 30.5. The molecular formula is C34H31N3O5S. The highest BCUT2D eigenvalue weighted by atomic mass is 32.1. The van der Waals surface area contributed by atoms with Gasteiger partial charge in [-0.1, -0.05) is 65.4 Å². The second kappa shape index (κ2) is 12.9. The van der Waals surface area contributed by atoms with Crippen molar-refractivity contribution < 1.29 is 19.0 Å². The predicted molar refractivity (Wildman–Crippen MR) is 165 cm³/mol. The molecule has 8 nitrogen and oxygen atoms in total. The van der Waals surface area contributed by atoms with E-state index in [4.69, 9.17) is 14.2 Å². The molecule has 0 amide bonds. The zero-order valence-electron chi connectivity index (χ0n) is 24.4. The summed E-state index contributed by atoms with van der Waals surface area (Å²) in [7, 11) is 0. The Balaban J connectivity index is 1.55. The smallest absolute Gasteiger partial charge is 0.338 e. The number of hydrogen-bond acceptors (Lipinski definition) is 8. The van der Waals surface area contributed by atoms with Crippen LogP contribution in [0.1, 0.15) is 54.6 Å². The van der Waals surface area contributed by atoms with E-state index in [-0.39, 0.29) is 18.8 Å². The van der Waals surface area contributed by atoms with Crippen LogP contribution in [-0.2, 0) is 16.1 Å². The summed E-state index contributed by atoms with van der Waals surface area (Å²) in [6, 6.07) is 22.0. The first-order valence-electron chi connectivity index (χ1n) is 14.0. The van der Waals surface area contributed by atoms with Crippen LogP contribution in [0.2, 0.25) is 0 Å². The summed E-state index contributed by atoms with van der Waals surface area (Å²) in [4.78, 5) is 32.2. The number of ether oxygens (including phenoxy) is 3. The summed E-state index contributed by atoms with van der Waals surface area (Å²) in [5, 5.41) is 9.39. The van der Waals surface area contributed by atoms with Gasteiger partial charge in [0.05, 0.1) is 46.7 Å². The lowest BCUT2D eigenvalue weighted by Gasteiger charge is -2.24. The molecule has 43 heavy (non-hydrogen) atoms. The molecule has 1 aromatic heterocycles. The fourth-order valence-corrected chi connectivity index (χ4v) is 5.97. The number of hydrogen-bond donors (Lipinski definition) is 0.